The van der Waals surface area contributed by atoms with Gasteiger partial charge in [0.15, 0.2) is 10.1 Å². The number of halogens is 5. The number of carbonyl (C=O) groups is 1. The average Bonchev–Trinajstić information content (AvgIpc) is 2.47. The molecule has 0 aliphatic heterocycles. The lowest BCUT2D eigenvalue weighted by Gasteiger charge is -2.55. The van der Waals surface area contributed by atoms with Gasteiger partial charge in [-0.3, -0.25) is 4.79 Å². The van der Waals surface area contributed by atoms with E-state index in [-0.39, 0.29) is 0 Å². The number of ether oxygens (including phenoxy) is 1. The molecule has 1 unspecified atom stereocenters. The highest BCUT2D eigenvalue weighted by atomic mass is 32.2. The van der Waals surface area contributed by atoms with E-state index in [1.165, 1.54) is 0 Å². The molecule has 27 heavy (non-hydrogen) atoms. The van der Waals surface area contributed by atoms with Crippen LogP contribution in [0.3, 0.4) is 0 Å². The Labute approximate surface area is 153 Å². The summed E-state index contributed by atoms with van der Waals surface area (Å²) in [6.45, 7) is -1.02. The van der Waals surface area contributed by atoms with E-state index in [2.05, 4.69) is 0 Å². The number of alkyl halides is 5. The minimum Gasteiger partial charge on any atom is -0.743 e. The van der Waals surface area contributed by atoms with Crippen LogP contribution in [0.15, 0.2) is 0 Å². The van der Waals surface area contributed by atoms with Gasteiger partial charge in [0.1, 0.15) is 5.92 Å². The third-order valence-electron chi connectivity index (χ3n) is 6.25. The summed E-state index contributed by atoms with van der Waals surface area (Å²) in [6.07, 6.45) is -2.28. The fraction of sp³-hybridized carbons (Fsp3) is 0.938. The Morgan fingerprint density at radius 1 is 1.04 bits per heavy atom. The molecule has 0 saturated heterocycles. The van der Waals surface area contributed by atoms with Crippen LogP contribution in [0.1, 0.15) is 44.9 Å². The van der Waals surface area contributed by atoms with Crippen LogP contribution in [0.2, 0.25) is 0 Å². The van der Waals surface area contributed by atoms with Gasteiger partial charge in [0, 0.05) is 0 Å². The first-order chi connectivity index (χ1) is 12.2. The molecule has 0 spiro atoms. The lowest BCUT2D eigenvalue weighted by Crippen LogP contribution is -2.51. The van der Waals surface area contributed by atoms with E-state index >= 15 is 0 Å². The zero-order chi connectivity index (χ0) is 20.3. The maximum Gasteiger partial charge on any atom is 0.398 e. The van der Waals surface area contributed by atoms with Crippen molar-refractivity contribution in [3.63, 3.8) is 0 Å². The molecule has 11 heteroatoms. The van der Waals surface area contributed by atoms with Crippen molar-refractivity contribution in [2.24, 2.45) is 29.1 Å². The fourth-order valence-electron chi connectivity index (χ4n) is 5.48. The number of rotatable bonds is 6. The standard InChI is InChI=1S/C16H21F5O5S/c17-15(18,19)12(16(20,21)27(23,24)25)1-2-26-13(22)14-6-9-3-10(7-14)5-11(4-9)8-14/h9-12H,1-8H2,(H,23,24,25)/p-1. The summed E-state index contributed by atoms with van der Waals surface area (Å²) in [4.78, 5) is 12.5. The van der Waals surface area contributed by atoms with Crippen molar-refractivity contribution in [2.45, 2.75) is 56.4 Å². The maximum atomic E-state index is 13.5. The topological polar surface area (TPSA) is 83.5 Å². The highest BCUT2D eigenvalue weighted by molar-refractivity contribution is 7.86. The molecule has 4 aliphatic carbocycles. The first-order valence-electron chi connectivity index (χ1n) is 8.82. The molecule has 156 valence electrons. The second-order valence-corrected chi connectivity index (χ2v) is 9.69. The third-order valence-corrected chi connectivity index (χ3v) is 7.20. The van der Waals surface area contributed by atoms with Crippen LogP contribution in [-0.4, -0.2) is 37.0 Å². The molecule has 0 aromatic rings. The van der Waals surface area contributed by atoms with Crippen molar-refractivity contribution in [3.8, 4) is 0 Å². The SMILES string of the molecule is O=C(OCCC(C(F)(F)F)C(F)(F)S(=O)(=O)[O-])C12CC3CC(CC(C3)C1)C2. The molecule has 4 aliphatic rings. The van der Waals surface area contributed by atoms with Gasteiger partial charge in [-0.25, -0.2) is 8.42 Å². The minimum atomic E-state index is -6.52. The van der Waals surface area contributed by atoms with Crippen LogP contribution in [0.5, 0.6) is 0 Å². The van der Waals surface area contributed by atoms with Gasteiger partial charge < -0.3 is 9.29 Å². The zero-order valence-electron chi connectivity index (χ0n) is 14.3. The minimum absolute atomic E-state index is 0.377. The summed E-state index contributed by atoms with van der Waals surface area (Å²) in [5, 5.41) is -5.53. The Kier molecular flexibility index (Phi) is 5.02. The summed E-state index contributed by atoms with van der Waals surface area (Å²) in [7, 11) is -6.52. The van der Waals surface area contributed by atoms with Gasteiger partial charge in [0.25, 0.3) is 0 Å². The monoisotopic (exact) mass is 419 g/mol. The molecule has 0 radical (unpaired) electrons. The predicted molar refractivity (Wildman–Crippen MR) is 80.4 cm³/mol. The number of hydrogen-bond acceptors (Lipinski definition) is 5. The second-order valence-electron chi connectivity index (χ2n) is 8.23. The third kappa shape index (κ3) is 3.81. The Morgan fingerprint density at radius 3 is 1.85 bits per heavy atom. The predicted octanol–water partition coefficient (Wildman–Crippen LogP) is 3.45. The van der Waals surface area contributed by atoms with Gasteiger partial charge >= 0.3 is 17.4 Å². The molecule has 0 N–H and O–H groups in total. The molecule has 0 aromatic carbocycles. The normalized spacial score (nSPS) is 34.5. The largest absolute Gasteiger partial charge is 0.743 e. The first-order valence-corrected chi connectivity index (χ1v) is 10.2. The maximum absolute atomic E-state index is 13.5. The highest BCUT2D eigenvalue weighted by Gasteiger charge is 2.60. The number of hydrogen-bond donors (Lipinski definition) is 0. The zero-order valence-corrected chi connectivity index (χ0v) is 15.1. The van der Waals surface area contributed by atoms with E-state index in [1.807, 2.05) is 0 Å². The van der Waals surface area contributed by atoms with Crippen molar-refractivity contribution < 1.29 is 44.5 Å². The van der Waals surface area contributed by atoms with Gasteiger partial charge in [-0.05, 0) is 62.7 Å². The van der Waals surface area contributed by atoms with Gasteiger partial charge in [-0.15, -0.1) is 0 Å². The molecule has 4 rings (SSSR count). The van der Waals surface area contributed by atoms with Crippen LogP contribution in [0, 0.1) is 29.1 Å². The average molecular weight is 419 g/mol. The Hall–Kier alpha value is -0.970. The van der Waals surface area contributed by atoms with Gasteiger partial charge in [-0.1, -0.05) is 0 Å². The second kappa shape index (κ2) is 6.53. The summed E-state index contributed by atoms with van der Waals surface area (Å²) in [6, 6.07) is 0. The van der Waals surface area contributed by atoms with E-state index < -0.39 is 51.9 Å². The van der Waals surface area contributed by atoms with Gasteiger partial charge in [0.2, 0.25) is 0 Å². The molecule has 0 aromatic heterocycles. The van der Waals surface area contributed by atoms with Crippen LogP contribution in [0.4, 0.5) is 22.0 Å². The van der Waals surface area contributed by atoms with Crippen LogP contribution < -0.4 is 0 Å². The molecule has 1 atom stereocenters. The molecule has 5 nitrogen and oxygen atoms in total. The molecule has 4 bridgehead atoms. The lowest BCUT2D eigenvalue weighted by atomic mass is 9.49. The van der Waals surface area contributed by atoms with Crippen LogP contribution in [-0.2, 0) is 19.6 Å². The summed E-state index contributed by atoms with van der Waals surface area (Å²) in [5.74, 6) is -3.29. The highest BCUT2D eigenvalue weighted by Crippen LogP contribution is 2.60. The smallest absolute Gasteiger partial charge is 0.398 e. The number of esters is 1. The van der Waals surface area contributed by atoms with E-state index in [9.17, 15) is 39.7 Å². The Balaban J connectivity index is 1.65. The summed E-state index contributed by atoms with van der Waals surface area (Å²) >= 11 is 0. The van der Waals surface area contributed by atoms with Crippen molar-refractivity contribution in [1.29, 1.82) is 0 Å². The van der Waals surface area contributed by atoms with Gasteiger partial charge in [-0.2, -0.15) is 22.0 Å². The fourth-order valence-corrected chi connectivity index (χ4v) is 6.08. The van der Waals surface area contributed by atoms with E-state index in [0.717, 1.165) is 19.3 Å². The van der Waals surface area contributed by atoms with Crippen LogP contribution in [0.25, 0.3) is 0 Å². The van der Waals surface area contributed by atoms with Crippen LogP contribution >= 0.6 is 0 Å². The van der Waals surface area contributed by atoms with Crippen molar-refractivity contribution in [3.05, 3.63) is 0 Å². The van der Waals surface area contributed by atoms with Crippen molar-refractivity contribution >= 4 is 16.1 Å². The Morgan fingerprint density at radius 2 is 1.48 bits per heavy atom. The molecule has 4 fully saturated rings. The quantitative estimate of drug-likeness (QED) is 0.374. The molecule has 4 saturated carbocycles. The summed E-state index contributed by atoms with van der Waals surface area (Å²) in [5.41, 5.74) is -0.768. The van der Waals surface area contributed by atoms with Gasteiger partial charge in [0.05, 0.1) is 12.0 Å². The lowest BCUT2D eigenvalue weighted by molar-refractivity contribution is -0.224. The van der Waals surface area contributed by atoms with Crippen molar-refractivity contribution in [2.75, 3.05) is 6.61 Å². The molecular formula is C16H20F5O5S-. The Bertz CT molecular complexity index is 667. The van der Waals surface area contributed by atoms with Crippen molar-refractivity contribution in [1.82, 2.24) is 0 Å². The molecule has 0 amide bonds. The molecular weight excluding hydrogens is 399 g/mol. The van der Waals surface area contributed by atoms with E-state index in [4.69, 9.17) is 4.74 Å². The first kappa shape index (κ1) is 20.8. The number of carbonyl (C=O) groups excluding carboxylic acids is 1. The molecule has 0 heterocycles. The summed E-state index contributed by atoms with van der Waals surface area (Å²) < 4.78 is 102. The van der Waals surface area contributed by atoms with E-state index in [0.29, 0.717) is 37.0 Å². The van der Waals surface area contributed by atoms with E-state index in [1.54, 1.807) is 0 Å².